The van der Waals surface area contributed by atoms with Crippen LogP contribution in [0.3, 0.4) is 0 Å². The van der Waals surface area contributed by atoms with Crippen LogP contribution in [-0.2, 0) is 27.3 Å². The Morgan fingerprint density at radius 2 is 1.75 bits per heavy atom. The molecule has 6 nitrogen and oxygen atoms in total. The molecule has 1 aliphatic rings. The molecule has 6 heteroatoms. The molecule has 28 heavy (non-hydrogen) atoms. The molecule has 0 aliphatic carbocycles. The van der Waals surface area contributed by atoms with Gasteiger partial charge in [-0.3, -0.25) is 9.69 Å². The summed E-state index contributed by atoms with van der Waals surface area (Å²) in [7, 11) is 3.23. The van der Waals surface area contributed by atoms with E-state index in [4.69, 9.17) is 9.47 Å². The summed E-state index contributed by atoms with van der Waals surface area (Å²) in [6.07, 6.45) is 0.482. The highest BCUT2D eigenvalue weighted by atomic mass is 16.5. The van der Waals surface area contributed by atoms with Crippen LogP contribution in [0.2, 0.25) is 0 Å². The van der Waals surface area contributed by atoms with Crippen LogP contribution in [0.4, 0.5) is 0 Å². The van der Waals surface area contributed by atoms with Crippen molar-refractivity contribution in [2.45, 2.75) is 19.0 Å². The number of carbonyl (C=O) groups excluding carboxylic acids is 2. The fraction of sp³-hybridized carbons (Fsp3) is 0.364. The Morgan fingerprint density at radius 1 is 1.07 bits per heavy atom. The number of benzene rings is 2. The normalized spacial score (nSPS) is 15.8. The Balaban J connectivity index is 1.58. The smallest absolute Gasteiger partial charge is 0.328 e. The van der Waals surface area contributed by atoms with Gasteiger partial charge in [0.05, 0.1) is 13.7 Å². The minimum Gasteiger partial charge on any atom is -0.492 e. The van der Waals surface area contributed by atoms with Crippen LogP contribution in [0.25, 0.3) is 0 Å². The first-order valence-electron chi connectivity index (χ1n) is 9.39. The molecule has 0 N–H and O–H groups in total. The predicted octanol–water partition coefficient (Wildman–Crippen LogP) is 2.12. The largest absolute Gasteiger partial charge is 0.492 e. The topological polar surface area (TPSA) is 59.1 Å². The average molecular weight is 382 g/mol. The predicted molar refractivity (Wildman–Crippen MR) is 106 cm³/mol. The number of methoxy groups -OCH3 is 1. The number of rotatable bonds is 7. The quantitative estimate of drug-likeness (QED) is 0.687. The van der Waals surface area contributed by atoms with Gasteiger partial charge in [-0.25, -0.2) is 4.79 Å². The summed E-state index contributed by atoms with van der Waals surface area (Å²) in [6.45, 7) is 1.72. The molecule has 3 rings (SSSR count). The minimum atomic E-state index is -0.582. The molecule has 1 atom stereocenters. The molecule has 0 bridgehead atoms. The number of hydrogen-bond donors (Lipinski definition) is 0. The van der Waals surface area contributed by atoms with Gasteiger partial charge in [0.15, 0.2) is 0 Å². The number of ether oxygens (including phenoxy) is 2. The fourth-order valence-corrected chi connectivity index (χ4v) is 3.37. The maximum Gasteiger partial charge on any atom is 0.328 e. The van der Waals surface area contributed by atoms with Gasteiger partial charge in [-0.15, -0.1) is 0 Å². The first-order chi connectivity index (χ1) is 13.6. The van der Waals surface area contributed by atoms with Gasteiger partial charge in [0.25, 0.3) is 0 Å². The van der Waals surface area contributed by atoms with Gasteiger partial charge in [-0.2, -0.15) is 0 Å². The molecule has 2 aromatic rings. The summed E-state index contributed by atoms with van der Waals surface area (Å²) >= 11 is 0. The number of esters is 1. The van der Waals surface area contributed by atoms with Gasteiger partial charge < -0.3 is 14.4 Å². The second kappa shape index (κ2) is 9.37. The van der Waals surface area contributed by atoms with Crippen molar-refractivity contribution in [3.05, 3.63) is 65.7 Å². The first kappa shape index (κ1) is 19.9. The van der Waals surface area contributed by atoms with Crippen molar-refractivity contribution in [3.63, 3.8) is 0 Å². The summed E-state index contributed by atoms with van der Waals surface area (Å²) in [5.74, 6) is 0.339. The Hall–Kier alpha value is -2.86. The van der Waals surface area contributed by atoms with Crippen molar-refractivity contribution in [2.75, 3.05) is 33.9 Å². The van der Waals surface area contributed by atoms with Gasteiger partial charge >= 0.3 is 5.97 Å². The van der Waals surface area contributed by atoms with Crippen LogP contribution in [-0.4, -0.2) is 61.6 Å². The number of likely N-dealkylation sites (N-methyl/N-ethyl adjacent to an activating group) is 1. The van der Waals surface area contributed by atoms with Crippen molar-refractivity contribution in [1.29, 1.82) is 0 Å². The van der Waals surface area contributed by atoms with E-state index in [0.29, 0.717) is 26.1 Å². The molecule has 0 aromatic heterocycles. The maximum atomic E-state index is 12.9. The Labute approximate surface area is 165 Å². The van der Waals surface area contributed by atoms with E-state index in [2.05, 4.69) is 0 Å². The Kier molecular flexibility index (Phi) is 6.66. The molecular formula is C22H26N2O4. The Morgan fingerprint density at radius 3 is 2.46 bits per heavy atom. The van der Waals surface area contributed by atoms with E-state index >= 15 is 0 Å². The third kappa shape index (κ3) is 4.89. The Bertz CT molecular complexity index is 809. The van der Waals surface area contributed by atoms with E-state index in [-0.39, 0.29) is 18.4 Å². The molecule has 1 heterocycles. The van der Waals surface area contributed by atoms with Crippen LogP contribution in [0, 0.1) is 0 Å². The molecule has 1 amide bonds. The lowest BCUT2D eigenvalue weighted by Crippen LogP contribution is -2.51. The van der Waals surface area contributed by atoms with Crippen molar-refractivity contribution in [3.8, 4) is 5.75 Å². The van der Waals surface area contributed by atoms with Crippen molar-refractivity contribution in [2.24, 2.45) is 0 Å². The third-order valence-corrected chi connectivity index (χ3v) is 4.93. The number of nitrogens with zero attached hydrogens (tertiary/aromatic N) is 2. The van der Waals surface area contributed by atoms with E-state index in [1.807, 2.05) is 66.5 Å². The number of fused-ring (bicyclic) bond motifs is 1. The summed E-state index contributed by atoms with van der Waals surface area (Å²) in [6, 6.07) is 16.9. The lowest BCUT2D eigenvalue weighted by atomic mass is 9.94. The highest BCUT2D eigenvalue weighted by Crippen LogP contribution is 2.24. The zero-order valence-electron chi connectivity index (χ0n) is 16.3. The molecule has 0 radical (unpaired) electrons. The van der Waals surface area contributed by atoms with Crippen LogP contribution in [0.5, 0.6) is 5.75 Å². The first-order valence-corrected chi connectivity index (χ1v) is 9.39. The maximum absolute atomic E-state index is 12.9. The van der Waals surface area contributed by atoms with E-state index < -0.39 is 6.04 Å². The van der Waals surface area contributed by atoms with Gasteiger partial charge in [-0.1, -0.05) is 42.5 Å². The number of hydrogen-bond acceptors (Lipinski definition) is 5. The lowest BCUT2D eigenvalue weighted by molar-refractivity contribution is -0.154. The summed E-state index contributed by atoms with van der Waals surface area (Å²) in [4.78, 5) is 28.7. The number of amides is 1. The number of carbonyl (C=O) groups is 2. The molecular weight excluding hydrogens is 356 g/mol. The summed E-state index contributed by atoms with van der Waals surface area (Å²) in [5.41, 5.74) is 2.16. The standard InChI is InChI=1S/C22H26N2O4/c1-23(12-13-28-19-10-4-3-5-11-19)16-21(25)24-15-18-9-7-6-8-17(18)14-20(24)22(26)27-2/h3-11,20H,12-16H2,1-2H3/t20-/m1/s1. The monoisotopic (exact) mass is 382 g/mol. The van der Waals surface area contributed by atoms with Crippen LogP contribution in [0.1, 0.15) is 11.1 Å². The van der Waals surface area contributed by atoms with E-state index in [1.54, 1.807) is 4.90 Å². The van der Waals surface area contributed by atoms with Gasteiger partial charge in [0, 0.05) is 19.5 Å². The molecule has 0 unspecified atom stereocenters. The van der Waals surface area contributed by atoms with E-state index in [0.717, 1.165) is 16.9 Å². The molecule has 2 aromatic carbocycles. The molecule has 0 saturated carbocycles. The van der Waals surface area contributed by atoms with Gasteiger partial charge in [0.1, 0.15) is 18.4 Å². The zero-order chi connectivity index (χ0) is 19.9. The van der Waals surface area contributed by atoms with Crippen molar-refractivity contribution in [1.82, 2.24) is 9.80 Å². The lowest BCUT2D eigenvalue weighted by Gasteiger charge is -2.36. The van der Waals surface area contributed by atoms with Crippen molar-refractivity contribution >= 4 is 11.9 Å². The third-order valence-electron chi connectivity index (χ3n) is 4.93. The molecule has 1 aliphatic heterocycles. The van der Waals surface area contributed by atoms with Gasteiger partial charge in [-0.05, 0) is 30.3 Å². The molecule has 0 saturated heterocycles. The summed E-state index contributed by atoms with van der Waals surface area (Å²) < 4.78 is 10.6. The van der Waals surface area contributed by atoms with Crippen molar-refractivity contribution < 1.29 is 19.1 Å². The number of para-hydroxylation sites is 1. The highest BCUT2D eigenvalue weighted by molar-refractivity contribution is 5.86. The molecule has 0 spiro atoms. The second-order valence-corrected chi connectivity index (χ2v) is 6.93. The SMILES string of the molecule is COC(=O)[C@H]1Cc2ccccc2CN1C(=O)CN(C)CCOc1ccccc1. The van der Waals surface area contributed by atoms with Gasteiger partial charge in [0.2, 0.25) is 5.91 Å². The molecule has 0 fully saturated rings. The average Bonchev–Trinajstić information content (AvgIpc) is 2.73. The highest BCUT2D eigenvalue weighted by Gasteiger charge is 2.35. The summed E-state index contributed by atoms with van der Waals surface area (Å²) in [5, 5.41) is 0. The van der Waals surface area contributed by atoms with E-state index in [9.17, 15) is 9.59 Å². The minimum absolute atomic E-state index is 0.0906. The second-order valence-electron chi connectivity index (χ2n) is 6.93. The molecule has 148 valence electrons. The fourth-order valence-electron chi connectivity index (χ4n) is 3.37. The van der Waals surface area contributed by atoms with Crippen LogP contribution < -0.4 is 4.74 Å². The zero-order valence-corrected chi connectivity index (χ0v) is 16.3. The van der Waals surface area contributed by atoms with Crippen LogP contribution >= 0.6 is 0 Å². The van der Waals surface area contributed by atoms with E-state index in [1.165, 1.54) is 7.11 Å². The van der Waals surface area contributed by atoms with Crippen LogP contribution in [0.15, 0.2) is 54.6 Å².